The van der Waals surface area contributed by atoms with Gasteiger partial charge in [0, 0.05) is 35.2 Å². The highest BCUT2D eigenvalue weighted by molar-refractivity contribution is 6.30. The fraction of sp³-hybridized carbons (Fsp3) is 0.474. The Balaban J connectivity index is 1.43. The van der Waals surface area contributed by atoms with Crippen LogP contribution in [0, 0.1) is 0 Å². The van der Waals surface area contributed by atoms with E-state index in [1.807, 2.05) is 0 Å². The van der Waals surface area contributed by atoms with Gasteiger partial charge in [0.1, 0.15) is 11.5 Å². The zero-order chi connectivity index (χ0) is 17.2. The van der Waals surface area contributed by atoms with Crippen LogP contribution in [0.15, 0.2) is 28.8 Å². The minimum Gasteiger partial charge on any atom is -0.361 e. The van der Waals surface area contributed by atoms with E-state index in [4.69, 9.17) is 16.1 Å². The number of carbonyl (C=O) groups is 1. The minimum absolute atomic E-state index is 0.0755. The van der Waals surface area contributed by atoms with Gasteiger partial charge in [-0.25, -0.2) is 0 Å². The second-order valence-electron chi connectivity index (χ2n) is 6.94. The van der Waals surface area contributed by atoms with Crippen molar-refractivity contribution in [2.45, 2.75) is 44.7 Å². The van der Waals surface area contributed by atoms with Crippen LogP contribution in [-0.4, -0.2) is 35.1 Å². The summed E-state index contributed by atoms with van der Waals surface area (Å²) in [6.45, 7) is 3.13. The SMILES string of the molecule is O=C(NC1CCc2onc(CN3CCCC3)c2C1)c1cccc(Cl)c1. The fourth-order valence-corrected chi connectivity index (χ4v) is 3.95. The third kappa shape index (κ3) is 3.72. The van der Waals surface area contributed by atoms with Crippen molar-refractivity contribution in [1.82, 2.24) is 15.4 Å². The van der Waals surface area contributed by atoms with Gasteiger partial charge >= 0.3 is 0 Å². The molecule has 0 spiro atoms. The summed E-state index contributed by atoms with van der Waals surface area (Å²) >= 11 is 5.98. The number of halogens is 1. The number of hydrogen-bond acceptors (Lipinski definition) is 4. The lowest BCUT2D eigenvalue weighted by Gasteiger charge is -2.23. The zero-order valence-corrected chi connectivity index (χ0v) is 14.9. The number of aromatic nitrogens is 1. The molecule has 0 bridgehead atoms. The van der Waals surface area contributed by atoms with E-state index in [9.17, 15) is 4.79 Å². The molecule has 6 heteroatoms. The third-order valence-corrected chi connectivity index (χ3v) is 5.35. The molecule has 1 saturated heterocycles. The number of nitrogens with zero attached hydrogens (tertiary/aromatic N) is 2. The van der Waals surface area contributed by atoms with Crippen molar-refractivity contribution < 1.29 is 9.32 Å². The Labute approximate surface area is 152 Å². The van der Waals surface area contributed by atoms with Gasteiger partial charge in [0.25, 0.3) is 5.91 Å². The Hall–Kier alpha value is -1.85. The number of nitrogens with one attached hydrogen (secondary N) is 1. The summed E-state index contributed by atoms with van der Waals surface area (Å²) in [7, 11) is 0. The maximum absolute atomic E-state index is 12.5. The molecule has 1 atom stereocenters. The Morgan fingerprint density at radius 3 is 3.00 bits per heavy atom. The van der Waals surface area contributed by atoms with Crippen molar-refractivity contribution in [3.05, 3.63) is 51.9 Å². The van der Waals surface area contributed by atoms with Gasteiger partial charge in [0.15, 0.2) is 0 Å². The first-order valence-electron chi connectivity index (χ1n) is 8.94. The van der Waals surface area contributed by atoms with Crippen LogP contribution in [-0.2, 0) is 19.4 Å². The quantitative estimate of drug-likeness (QED) is 0.910. The first-order chi connectivity index (χ1) is 12.2. The first-order valence-corrected chi connectivity index (χ1v) is 9.32. The van der Waals surface area contributed by atoms with Crippen LogP contribution in [0.1, 0.15) is 46.6 Å². The molecule has 1 aliphatic carbocycles. The molecule has 2 heterocycles. The van der Waals surface area contributed by atoms with Gasteiger partial charge in [0.2, 0.25) is 0 Å². The predicted molar refractivity (Wildman–Crippen MR) is 95.7 cm³/mol. The van der Waals surface area contributed by atoms with Gasteiger partial charge in [-0.3, -0.25) is 9.69 Å². The normalized spacial score (nSPS) is 20.4. The number of fused-ring (bicyclic) bond motifs is 1. The number of likely N-dealkylation sites (tertiary alicyclic amines) is 1. The molecule has 1 aliphatic heterocycles. The van der Waals surface area contributed by atoms with Gasteiger partial charge in [-0.05, 0) is 57.0 Å². The molecule has 0 saturated carbocycles. The minimum atomic E-state index is -0.0755. The maximum atomic E-state index is 12.5. The molecule has 2 aromatic rings. The van der Waals surface area contributed by atoms with E-state index >= 15 is 0 Å². The Morgan fingerprint density at radius 2 is 2.20 bits per heavy atom. The van der Waals surface area contributed by atoms with Crippen LogP contribution in [0.3, 0.4) is 0 Å². The average Bonchev–Trinajstić information content (AvgIpc) is 3.26. The summed E-state index contributed by atoms with van der Waals surface area (Å²) in [4.78, 5) is 14.9. The predicted octanol–water partition coefficient (Wildman–Crippen LogP) is 3.21. The van der Waals surface area contributed by atoms with Crippen molar-refractivity contribution in [2.24, 2.45) is 0 Å². The van der Waals surface area contributed by atoms with Crippen molar-refractivity contribution in [1.29, 1.82) is 0 Å². The lowest BCUT2D eigenvalue weighted by molar-refractivity contribution is 0.0932. The highest BCUT2D eigenvalue weighted by atomic mass is 35.5. The van der Waals surface area contributed by atoms with Crippen LogP contribution in [0.5, 0.6) is 0 Å². The Bertz CT molecular complexity index is 768. The summed E-state index contributed by atoms with van der Waals surface area (Å²) in [5, 5.41) is 8.01. The van der Waals surface area contributed by atoms with Crippen LogP contribution < -0.4 is 5.32 Å². The number of amides is 1. The summed E-state index contributed by atoms with van der Waals surface area (Å²) in [6.07, 6.45) is 5.01. The molecule has 0 radical (unpaired) electrons. The highest BCUT2D eigenvalue weighted by Crippen LogP contribution is 2.26. The molecule has 1 fully saturated rings. The van der Waals surface area contributed by atoms with E-state index in [0.717, 1.165) is 50.4 Å². The van der Waals surface area contributed by atoms with Gasteiger partial charge < -0.3 is 9.84 Å². The first kappa shape index (κ1) is 16.6. The molecule has 1 aromatic carbocycles. The van der Waals surface area contributed by atoms with Crippen molar-refractivity contribution >= 4 is 17.5 Å². The van der Waals surface area contributed by atoms with Crippen LogP contribution in [0.25, 0.3) is 0 Å². The van der Waals surface area contributed by atoms with E-state index in [0.29, 0.717) is 10.6 Å². The largest absolute Gasteiger partial charge is 0.361 e. The van der Waals surface area contributed by atoms with Crippen LogP contribution in [0.4, 0.5) is 0 Å². The summed E-state index contributed by atoms with van der Waals surface area (Å²) in [5.74, 6) is 0.913. The number of hydrogen-bond donors (Lipinski definition) is 1. The number of carbonyl (C=O) groups excluding carboxylic acids is 1. The van der Waals surface area contributed by atoms with Gasteiger partial charge in [0.05, 0.1) is 0 Å². The second-order valence-corrected chi connectivity index (χ2v) is 7.37. The smallest absolute Gasteiger partial charge is 0.251 e. The number of rotatable bonds is 4. The molecule has 1 amide bonds. The molecular weight excluding hydrogens is 338 g/mol. The number of aryl methyl sites for hydroxylation is 1. The van der Waals surface area contributed by atoms with E-state index in [-0.39, 0.29) is 11.9 Å². The molecule has 1 unspecified atom stereocenters. The monoisotopic (exact) mass is 359 g/mol. The average molecular weight is 360 g/mol. The van der Waals surface area contributed by atoms with Crippen molar-refractivity contribution in [2.75, 3.05) is 13.1 Å². The molecule has 2 aliphatic rings. The standard InChI is InChI=1S/C19H22ClN3O2/c20-14-5-3-4-13(10-14)19(24)21-15-6-7-18-16(11-15)17(22-25-18)12-23-8-1-2-9-23/h3-5,10,15H,1-2,6-9,11-12H2,(H,21,24). The van der Waals surface area contributed by atoms with E-state index in [1.165, 1.54) is 18.4 Å². The molecule has 4 rings (SSSR count). The molecule has 5 nitrogen and oxygen atoms in total. The summed E-state index contributed by atoms with van der Waals surface area (Å²) in [5.41, 5.74) is 2.83. The molecule has 25 heavy (non-hydrogen) atoms. The third-order valence-electron chi connectivity index (χ3n) is 5.12. The van der Waals surface area contributed by atoms with E-state index in [2.05, 4.69) is 15.4 Å². The van der Waals surface area contributed by atoms with Gasteiger partial charge in [-0.1, -0.05) is 22.8 Å². The molecule has 1 aromatic heterocycles. The second kappa shape index (κ2) is 7.18. The van der Waals surface area contributed by atoms with Crippen molar-refractivity contribution in [3.63, 3.8) is 0 Å². The highest BCUT2D eigenvalue weighted by Gasteiger charge is 2.28. The van der Waals surface area contributed by atoms with Crippen molar-refractivity contribution in [3.8, 4) is 0 Å². The molecular formula is C19H22ClN3O2. The van der Waals surface area contributed by atoms with Gasteiger partial charge in [-0.2, -0.15) is 0 Å². The maximum Gasteiger partial charge on any atom is 0.251 e. The lowest BCUT2D eigenvalue weighted by atomic mass is 9.91. The fourth-order valence-electron chi connectivity index (χ4n) is 3.76. The zero-order valence-electron chi connectivity index (χ0n) is 14.1. The molecule has 132 valence electrons. The summed E-state index contributed by atoms with van der Waals surface area (Å²) in [6, 6.07) is 7.16. The Kier molecular flexibility index (Phi) is 4.77. The van der Waals surface area contributed by atoms with E-state index in [1.54, 1.807) is 24.3 Å². The van der Waals surface area contributed by atoms with Crippen LogP contribution in [0.2, 0.25) is 5.02 Å². The topological polar surface area (TPSA) is 58.4 Å². The molecule has 1 N–H and O–H groups in total. The van der Waals surface area contributed by atoms with Crippen LogP contribution >= 0.6 is 11.6 Å². The Morgan fingerprint density at radius 1 is 1.36 bits per heavy atom. The summed E-state index contributed by atoms with van der Waals surface area (Å²) < 4.78 is 5.54. The number of benzene rings is 1. The van der Waals surface area contributed by atoms with Gasteiger partial charge in [-0.15, -0.1) is 0 Å². The lowest BCUT2D eigenvalue weighted by Crippen LogP contribution is -2.39. The van der Waals surface area contributed by atoms with E-state index < -0.39 is 0 Å².